The van der Waals surface area contributed by atoms with Crippen LogP contribution in [0.15, 0.2) is 17.1 Å². The fraction of sp³-hybridized carbons (Fsp3) is 0.222. The fourth-order valence-electron chi connectivity index (χ4n) is 1.01. The average molecular weight is 188 g/mol. The van der Waals surface area contributed by atoms with Gasteiger partial charge in [-0.25, -0.2) is 0 Å². The highest BCUT2D eigenvalue weighted by Gasteiger charge is 2.07. The SMILES string of the molecule is N#CC[C@@H](N)c1c[nH]c(=O)c(C#N)c1. The first kappa shape index (κ1) is 9.97. The van der Waals surface area contributed by atoms with E-state index in [0.29, 0.717) is 5.56 Å². The summed E-state index contributed by atoms with van der Waals surface area (Å²) in [4.78, 5) is 13.4. The Morgan fingerprint density at radius 3 is 2.86 bits per heavy atom. The lowest BCUT2D eigenvalue weighted by molar-refractivity contribution is 0.742. The molecule has 0 saturated carbocycles. The molecule has 0 unspecified atom stereocenters. The highest BCUT2D eigenvalue weighted by molar-refractivity contribution is 5.30. The van der Waals surface area contributed by atoms with Crippen LogP contribution in [0.5, 0.6) is 0 Å². The number of hydrogen-bond donors (Lipinski definition) is 2. The molecule has 1 aromatic heterocycles. The molecule has 70 valence electrons. The molecule has 1 aromatic rings. The van der Waals surface area contributed by atoms with Gasteiger partial charge in [-0.05, 0) is 11.6 Å². The second kappa shape index (κ2) is 4.22. The molecule has 3 N–H and O–H groups in total. The van der Waals surface area contributed by atoms with Gasteiger partial charge in [0, 0.05) is 12.2 Å². The van der Waals surface area contributed by atoms with E-state index in [0.717, 1.165) is 0 Å². The molecule has 5 heteroatoms. The maximum Gasteiger partial charge on any atom is 0.265 e. The molecule has 0 aliphatic rings. The van der Waals surface area contributed by atoms with Crippen LogP contribution in [-0.4, -0.2) is 4.98 Å². The van der Waals surface area contributed by atoms with Crippen molar-refractivity contribution in [2.24, 2.45) is 5.73 Å². The molecule has 0 bridgehead atoms. The van der Waals surface area contributed by atoms with Crippen molar-refractivity contribution < 1.29 is 0 Å². The first-order valence-corrected chi connectivity index (χ1v) is 3.94. The van der Waals surface area contributed by atoms with E-state index >= 15 is 0 Å². The zero-order valence-corrected chi connectivity index (χ0v) is 7.32. The zero-order chi connectivity index (χ0) is 10.6. The third kappa shape index (κ3) is 1.98. The van der Waals surface area contributed by atoms with E-state index in [9.17, 15) is 4.79 Å². The van der Waals surface area contributed by atoms with Crippen LogP contribution < -0.4 is 11.3 Å². The van der Waals surface area contributed by atoms with Crippen molar-refractivity contribution in [2.75, 3.05) is 0 Å². The summed E-state index contributed by atoms with van der Waals surface area (Å²) in [6, 6.07) is 4.60. The van der Waals surface area contributed by atoms with Crippen LogP contribution in [0.25, 0.3) is 0 Å². The number of nitriles is 2. The Balaban J connectivity index is 3.09. The summed E-state index contributed by atoms with van der Waals surface area (Å²) in [5, 5.41) is 17.0. The van der Waals surface area contributed by atoms with Crippen LogP contribution in [0.4, 0.5) is 0 Å². The minimum Gasteiger partial charge on any atom is -0.328 e. The quantitative estimate of drug-likeness (QED) is 0.689. The van der Waals surface area contributed by atoms with Crippen molar-refractivity contribution in [3.63, 3.8) is 0 Å². The Hall–Kier alpha value is -2.11. The molecule has 1 rings (SSSR count). The number of rotatable bonds is 2. The van der Waals surface area contributed by atoms with Crippen molar-refractivity contribution in [3.8, 4) is 12.1 Å². The number of nitrogens with two attached hydrogens (primary N) is 1. The van der Waals surface area contributed by atoms with Crippen LogP contribution in [0.2, 0.25) is 0 Å². The van der Waals surface area contributed by atoms with Gasteiger partial charge in [0.2, 0.25) is 0 Å². The van der Waals surface area contributed by atoms with Gasteiger partial charge in [0.25, 0.3) is 5.56 Å². The third-order valence-corrected chi connectivity index (χ3v) is 1.79. The Morgan fingerprint density at radius 1 is 1.57 bits per heavy atom. The molecule has 0 aromatic carbocycles. The van der Waals surface area contributed by atoms with Gasteiger partial charge >= 0.3 is 0 Å². The second-order valence-corrected chi connectivity index (χ2v) is 2.76. The summed E-state index contributed by atoms with van der Waals surface area (Å²) >= 11 is 0. The smallest absolute Gasteiger partial charge is 0.265 e. The van der Waals surface area contributed by atoms with Gasteiger partial charge in [-0.1, -0.05) is 0 Å². The van der Waals surface area contributed by atoms with E-state index < -0.39 is 11.6 Å². The van der Waals surface area contributed by atoms with Crippen LogP contribution in [0.1, 0.15) is 23.6 Å². The summed E-state index contributed by atoms with van der Waals surface area (Å²) in [7, 11) is 0. The minimum atomic E-state index is -0.469. The predicted molar refractivity (Wildman–Crippen MR) is 48.9 cm³/mol. The van der Waals surface area contributed by atoms with Crippen molar-refractivity contribution in [3.05, 3.63) is 33.7 Å². The number of pyridine rings is 1. The van der Waals surface area contributed by atoms with E-state index in [2.05, 4.69) is 4.98 Å². The molecule has 14 heavy (non-hydrogen) atoms. The van der Waals surface area contributed by atoms with Crippen molar-refractivity contribution in [1.82, 2.24) is 4.98 Å². The molecule has 0 radical (unpaired) electrons. The molecule has 0 amide bonds. The lowest BCUT2D eigenvalue weighted by Crippen LogP contribution is -2.15. The first-order valence-electron chi connectivity index (χ1n) is 3.94. The number of aromatic nitrogens is 1. The largest absolute Gasteiger partial charge is 0.328 e. The van der Waals surface area contributed by atoms with Gasteiger partial charge in [-0.3, -0.25) is 4.79 Å². The van der Waals surface area contributed by atoms with E-state index in [1.807, 2.05) is 6.07 Å². The lowest BCUT2D eigenvalue weighted by Gasteiger charge is -2.06. The summed E-state index contributed by atoms with van der Waals surface area (Å²) < 4.78 is 0. The maximum absolute atomic E-state index is 11.0. The van der Waals surface area contributed by atoms with E-state index in [4.69, 9.17) is 16.3 Å². The Kier molecular flexibility index (Phi) is 3.01. The van der Waals surface area contributed by atoms with E-state index in [-0.39, 0.29) is 12.0 Å². The summed E-state index contributed by atoms with van der Waals surface area (Å²) in [6.45, 7) is 0. The topological polar surface area (TPSA) is 106 Å². The standard InChI is InChI=1S/C9H8N4O/c10-2-1-8(12)7-3-6(4-11)9(14)13-5-7/h3,5,8H,1,12H2,(H,13,14)/t8-/m1/s1. The Bertz CT molecular complexity index is 463. The summed E-state index contributed by atoms with van der Waals surface area (Å²) in [5.41, 5.74) is 5.78. The third-order valence-electron chi connectivity index (χ3n) is 1.79. The number of hydrogen-bond acceptors (Lipinski definition) is 4. The molecule has 0 aliphatic heterocycles. The van der Waals surface area contributed by atoms with Crippen LogP contribution >= 0.6 is 0 Å². The Labute approximate surface area is 80.4 Å². The molecule has 0 spiro atoms. The highest BCUT2D eigenvalue weighted by Crippen LogP contribution is 2.11. The van der Waals surface area contributed by atoms with Gasteiger partial charge in [0.15, 0.2) is 0 Å². The molecule has 1 heterocycles. The van der Waals surface area contributed by atoms with Gasteiger partial charge in [-0.2, -0.15) is 10.5 Å². The minimum absolute atomic E-state index is 0.0101. The number of nitrogens with zero attached hydrogens (tertiary/aromatic N) is 2. The molecule has 5 nitrogen and oxygen atoms in total. The van der Waals surface area contributed by atoms with Gasteiger partial charge in [0.1, 0.15) is 11.6 Å². The summed E-state index contributed by atoms with van der Waals surface area (Å²) in [5.74, 6) is 0. The van der Waals surface area contributed by atoms with Crippen LogP contribution in [0, 0.1) is 22.7 Å². The van der Waals surface area contributed by atoms with Crippen molar-refractivity contribution >= 4 is 0 Å². The number of H-pyrrole nitrogens is 1. The van der Waals surface area contributed by atoms with Gasteiger partial charge in [0.05, 0.1) is 12.5 Å². The van der Waals surface area contributed by atoms with Crippen LogP contribution in [0.3, 0.4) is 0 Å². The van der Waals surface area contributed by atoms with E-state index in [1.54, 1.807) is 6.07 Å². The number of aromatic amines is 1. The van der Waals surface area contributed by atoms with E-state index in [1.165, 1.54) is 12.3 Å². The lowest BCUT2D eigenvalue weighted by atomic mass is 10.1. The average Bonchev–Trinajstić information content (AvgIpc) is 2.19. The zero-order valence-electron chi connectivity index (χ0n) is 7.32. The molecule has 0 fully saturated rings. The van der Waals surface area contributed by atoms with Crippen molar-refractivity contribution in [1.29, 1.82) is 10.5 Å². The monoisotopic (exact) mass is 188 g/mol. The molecule has 0 aliphatic carbocycles. The molecule has 1 atom stereocenters. The highest BCUT2D eigenvalue weighted by atomic mass is 16.1. The van der Waals surface area contributed by atoms with Crippen LogP contribution in [-0.2, 0) is 0 Å². The Morgan fingerprint density at radius 2 is 2.29 bits per heavy atom. The molecule has 0 saturated heterocycles. The maximum atomic E-state index is 11.0. The summed E-state index contributed by atoms with van der Waals surface area (Å²) in [6.07, 6.45) is 1.57. The molecular weight excluding hydrogens is 180 g/mol. The number of nitrogens with one attached hydrogen (secondary N) is 1. The second-order valence-electron chi connectivity index (χ2n) is 2.76. The molecular formula is C9H8N4O. The van der Waals surface area contributed by atoms with Crippen molar-refractivity contribution in [2.45, 2.75) is 12.5 Å². The van der Waals surface area contributed by atoms with Gasteiger partial charge in [-0.15, -0.1) is 0 Å². The fourth-order valence-corrected chi connectivity index (χ4v) is 1.01. The van der Waals surface area contributed by atoms with Gasteiger partial charge < -0.3 is 10.7 Å². The predicted octanol–water partition coefficient (Wildman–Crippen LogP) is 0.160. The first-order chi connectivity index (χ1) is 6.69. The normalized spacial score (nSPS) is 11.4.